The van der Waals surface area contributed by atoms with Crippen LogP contribution in [0.15, 0.2) is 48.5 Å². The third-order valence-electron chi connectivity index (χ3n) is 10.6. The molecule has 0 amide bonds. The molecule has 0 aliphatic carbocycles. The maximum atomic E-state index is 12.3. The molecule has 1 fully saturated rings. The summed E-state index contributed by atoms with van der Waals surface area (Å²) < 4.78 is 15.5. The summed E-state index contributed by atoms with van der Waals surface area (Å²) in [5.74, 6) is 0.235. The van der Waals surface area contributed by atoms with Gasteiger partial charge in [0.15, 0.2) is 0 Å². The Morgan fingerprint density at radius 3 is 1.71 bits per heavy atom. The van der Waals surface area contributed by atoms with Gasteiger partial charge in [-0.2, -0.15) is 0 Å². The SMILES string of the molecule is CCCCCC(C)(C)c1cc(B2OC(C)(C)C(C)(C)O2)c(O)c(-n2c3cc(CCCC)ccc3c3ccc(CCCC)cc32)c1. The van der Waals surface area contributed by atoms with Gasteiger partial charge in [0.1, 0.15) is 5.75 Å². The van der Waals surface area contributed by atoms with Crippen LogP contribution in [0.5, 0.6) is 5.75 Å². The molecule has 0 atom stereocenters. The molecule has 4 nitrogen and oxygen atoms in total. The molecule has 0 spiro atoms. The second-order valence-corrected chi connectivity index (χ2v) is 15.1. The van der Waals surface area contributed by atoms with E-state index in [0.717, 1.165) is 61.7 Å². The average Bonchev–Trinajstić information content (AvgIpc) is 3.42. The molecule has 1 aromatic heterocycles. The minimum Gasteiger partial charge on any atom is -0.506 e. The third kappa shape index (κ3) is 6.58. The van der Waals surface area contributed by atoms with E-state index in [1.807, 2.05) is 0 Å². The number of hydrogen-bond acceptors (Lipinski definition) is 3. The summed E-state index contributed by atoms with van der Waals surface area (Å²) in [6.07, 6.45) is 11.4. The van der Waals surface area contributed by atoms with Crippen LogP contribution in [-0.4, -0.2) is 28.0 Å². The Hall–Kier alpha value is -2.76. The van der Waals surface area contributed by atoms with Crippen molar-refractivity contribution in [2.75, 3.05) is 0 Å². The van der Waals surface area contributed by atoms with Crippen molar-refractivity contribution in [1.29, 1.82) is 0 Å². The minimum absolute atomic E-state index is 0.0899. The molecule has 4 aromatic rings. The first-order valence-electron chi connectivity index (χ1n) is 17.6. The molecule has 1 aliphatic rings. The van der Waals surface area contributed by atoms with Crippen molar-refractivity contribution in [3.05, 3.63) is 65.2 Å². The molecular weight excluding hydrogens is 553 g/mol. The Morgan fingerprint density at radius 2 is 1.22 bits per heavy atom. The van der Waals surface area contributed by atoms with E-state index < -0.39 is 18.3 Å². The fourth-order valence-electron chi connectivity index (χ4n) is 6.76. The van der Waals surface area contributed by atoms with Crippen LogP contribution in [0.4, 0.5) is 0 Å². The molecule has 1 N–H and O–H groups in total. The molecule has 0 radical (unpaired) electrons. The zero-order chi connectivity index (χ0) is 32.6. The molecule has 45 heavy (non-hydrogen) atoms. The van der Waals surface area contributed by atoms with Gasteiger partial charge < -0.3 is 19.0 Å². The van der Waals surface area contributed by atoms with Crippen LogP contribution in [0.3, 0.4) is 0 Å². The molecule has 0 saturated carbocycles. The normalized spacial score (nSPS) is 16.3. The van der Waals surface area contributed by atoms with Crippen LogP contribution in [0.2, 0.25) is 0 Å². The standard InChI is InChI=1S/C40H56BNO3/c1-10-13-16-23-38(4,5)30-26-33(41-44-39(6,7)40(8,9)45-41)37(43)36(27-30)42-34-24-28(17-14-11-2)19-21-31(34)32-22-20-29(18-15-12-3)25-35(32)42/h19-22,24-27,43H,10-18,23H2,1-9H3. The molecule has 3 aromatic carbocycles. The lowest BCUT2D eigenvalue weighted by atomic mass is 9.72. The highest BCUT2D eigenvalue weighted by Crippen LogP contribution is 2.42. The predicted molar refractivity (Wildman–Crippen MR) is 193 cm³/mol. The second kappa shape index (κ2) is 13.2. The number of nitrogens with zero attached hydrogens (tertiary/aromatic N) is 1. The number of benzene rings is 3. The molecule has 5 heteroatoms. The van der Waals surface area contributed by atoms with Crippen LogP contribution < -0.4 is 5.46 Å². The van der Waals surface area contributed by atoms with Gasteiger partial charge in [0.05, 0.1) is 27.9 Å². The van der Waals surface area contributed by atoms with Crippen LogP contribution in [0.25, 0.3) is 27.5 Å². The van der Waals surface area contributed by atoms with Crippen LogP contribution >= 0.6 is 0 Å². The summed E-state index contributed by atoms with van der Waals surface area (Å²) in [5, 5.41) is 14.8. The smallest absolute Gasteiger partial charge is 0.498 e. The highest BCUT2D eigenvalue weighted by molar-refractivity contribution is 6.63. The van der Waals surface area contributed by atoms with E-state index in [0.29, 0.717) is 5.46 Å². The van der Waals surface area contributed by atoms with E-state index in [1.54, 1.807) is 0 Å². The Labute approximate surface area is 272 Å². The van der Waals surface area contributed by atoms with Crippen LogP contribution in [0, 0.1) is 0 Å². The quantitative estimate of drug-likeness (QED) is 0.121. The van der Waals surface area contributed by atoms with Gasteiger partial charge >= 0.3 is 7.12 Å². The zero-order valence-electron chi connectivity index (χ0n) is 29.5. The Kier molecular flexibility index (Phi) is 9.83. The molecule has 242 valence electrons. The fraction of sp³-hybridized carbons (Fsp3) is 0.550. The van der Waals surface area contributed by atoms with Crippen molar-refractivity contribution < 1.29 is 14.4 Å². The highest BCUT2D eigenvalue weighted by atomic mass is 16.7. The second-order valence-electron chi connectivity index (χ2n) is 15.1. The third-order valence-corrected chi connectivity index (χ3v) is 10.6. The van der Waals surface area contributed by atoms with Gasteiger partial charge in [0.25, 0.3) is 0 Å². The van der Waals surface area contributed by atoms with Crippen LogP contribution in [-0.2, 0) is 27.6 Å². The van der Waals surface area contributed by atoms with Gasteiger partial charge in [-0.1, -0.05) is 97.1 Å². The number of aromatic nitrogens is 1. The first kappa shape index (κ1) is 33.6. The van der Waals surface area contributed by atoms with E-state index >= 15 is 0 Å². The average molecular weight is 610 g/mol. The monoisotopic (exact) mass is 609 g/mol. The number of unbranched alkanes of at least 4 members (excludes halogenated alkanes) is 4. The van der Waals surface area contributed by atoms with Crippen molar-refractivity contribution in [3.8, 4) is 11.4 Å². The first-order chi connectivity index (χ1) is 21.3. The molecule has 5 rings (SSSR count). The lowest BCUT2D eigenvalue weighted by Crippen LogP contribution is -2.41. The predicted octanol–water partition coefficient (Wildman–Crippen LogP) is 10.3. The Bertz CT molecular complexity index is 1570. The van der Waals surface area contributed by atoms with Crippen molar-refractivity contribution in [2.45, 2.75) is 143 Å². The van der Waals surface area contributed by atoms with E-state index in [1.165, 1.54) is 46.7 Å². The highest BCUT2D eigenvalue weighted by Gasteiger charge is 2.53. The van der Waals surface area contributed by atoms with Crippen molar-refractivity contribution in [3.63, 3.8) is 0 Å². The van der Waals surface area contributed by atoms with Gasteiger partial charge in [0.2, 0.25) is 0 Å². The lowest BCUT2D eigenvalue weighted by Gasteiger charge is -2.32. The molecule has 1 saturated heterocycles. The topological polar surface area (TPSA) is 43.6 Å². The summed E-state index contributed by atoms with van der Waals surface area (Å²) in [6.45, 7) is 19.7. The number of aromatic hydroxyl groups is 1. The van der Waals surface area contributed by atoms with Crippen LogP contribution in [0.1, 0.15) is 130 Å². The van der Waals surface area contributed by atoms with Gasteiger partial charge in [-0.25, -0.2) is 0 Å². The van der Waals surface area contributed by atoms with Gasteiger partial charge in [0, 0.05) is 16.2 Å². The molecule has 1 aliphatic heterocycles. The minimum atomic E-state index is -0.659. The number of fused-ring (bicyclic) bond motifs is 3. The van der Waals surface area contributed by atoms with Crippen molar-refractivity contribution >= 4 is 34.4 Å². The zero-order valence-corrected chi connectivity index (χ0v) is 29.5. The van der Waals surface area contributed by atoms with E-state index in [-0.39, 0.29) is 11.2 Å². The number of aryl methyl sites for hydroxylation is 2. The molecule has 0 unspecified atom stereocenters. The number of hydrogen-bond donors (Lipinski definition) is 1. The van der Waals surface area contributed by atoms with E-state index in [9.17, 15) is 5.11 Å². The lowest BCUT2D eigenvalue weighted by molar-refractivity contribution is 0.00578. The molecule has 2 heterocycles. The number of phenols is 1. The molecular formula is C40H56BNO3. The maximum Gasteiger partial charge on any atom is 0.498 e. The number of rotatable bonds is 13. The van der Waals surface area contributed by atoms with Gasteiger partial charge in [-0.05, 0) is 100 Å². The van der Waals surface area contributed by atoms with Crippen molar-refractivity contribution in [1.82, 2.24) is 4.57 Å². The summed E-state index contributed by atoms with van der Waals surface area (Å²) in [6, 6.07) is 18.2. The van der Waals surface area contributed by atoms with Gasteiger partial charge in [-0.15, -0.1) is 0 Å². The summed E-state index contributed by atoms with van der Waals surface area (Å²) in [4.78, 5) is 0. The first-order valence-corrected chi connectivity index (χ1v) is 17.6. The maximum absolute atomic E-state index is 12.3. The summed E-state index contributed by atoms with van der Waals surface area (Å²) in [5.41, 5.74) is 6.57. The Morgan fingerprint density at radius 1 is 0.711 bits per heavy atom. The van der Waals surface area contributed by atoms with Gasteiger partial charge in [-0.3, -0.25) is 0 Å². The van der Waals surface area contributed by atoms with Crippen molar-refractivity contribution in [2.24, 2.45) is 0 Å². The largest absolute Gasteiger partial charge is 0.506 e. The number of phenolic OH excluding ortho intramolecular Hbond substituents is 1. The van der Waals surface area contributed by atoms with E-state index in [2.05, 4.69) is 115 Å². The Balaban J connectivity index is 1.80. The summed E-state index contributed by atoms with van der Waals surface area (Å²) in [7, 11) is -0.659. The molecule has 0 bridgehead atoms. The summed E-state index contributed by atoms with van der Waals surface area (Å²) >= 11 is 0. The fourth-order valence-corrected chi connectivity index (χ4v) is 6.76. The van der Waals surface area contributed by atoms with E-state index in [4.69, 9.17) is 9.31 Å².